The predicted molar refractivity (Wildman–Crippen MR) is 75.3 cm³/mol. The van der Waals surface area contributed by atoms with E-state index in [1.54, 1.807) is 0 Å². The van der Waals surface area contributed by atoms with E-state index in [-0.39, 0.29) is 18.4 Å². The van der Waals surface area contributed by atoms with Gasteiger partial charge in [-0.1, -0.05) is 6.58 Å². The van der Waals surface area contributed by atoms with Crippen LogP contribution in [0.4, 0.5) is 26.3 Å². The number of rotatable bonds is 4. The lowest BCUT2D eigenvalue weighted by Crippen LogP contribution is -2.51. The number of alkyl halides is 6. The van der Waals surface area contributed by atoms with E-state index >= 15 is 0 Å². The maximum atomic E-state index is 12.7. The van der Waals surface area contributed by atoms with Crippen molar-refractivity contribution in [2.75, 3.05) is 0 Å². The molecule has 2 bridgehead atoms. The molecule has 0 radical (unpaired) electrons. The molecule has 0 amide bonds. The summed E-state index contributed by atoms with van der Waals surface area (Å²) in [5.41, 5.74) is -3.81. The van der Waals surface area contributed by atoms with Gasteiger partial charge in [0.05, 0.1) is 0 Å². The van der Waals surface area contributed by atoms with Gasteiger partial charge in [-0.15, -0.1) is 0 Å². The third-order valence-corrected chi connectivity index (χ3v) is 5.31. The summed E-state index contributed by atoms with van der Waals surface area (Å²) in [5, 5.41) is 0. The van der Waals surface area contributed by atoms with Gasteiger partial charge in [0.2, 0.25) is 0 Å². The average Bonchev–Trinajstić information content (AvgIpc) is 3.06. The number of carbonyl (C=O) groups excluding carboxylic acids is 3. The molecule has 4 atom stereocenters. The Bertz CT molecular complexity index is 744. The summed E-state index contributed by atoms with van der Waals surface area (Å²) in [5.74, 6) is -5.17. The second-order valence-electron chi connectivity index (χ2n) is 7.33. The van der Waals surface area contributed by atoms with Gasteiger partial charge in [0.15, 0.2) is 5.41 Å². The topological polar surface area (TPSA) is 78.9 Å². The summed E-state index contributed by atoms with van der Waals surface area (Å²) < 4.78 is 90.4. The van der Waals surface area contributed by atoms with Crippen LogP contribution in [-0.2, 0) is 28.6 Å². The van der Waals surface area contributed by atoms with Crippen molar-refractivity contribution in [1.29, 1.82) is 0 Å². The molecular weight excluding hydrogens is 402 g/mol. The van der Waals surface area contributed by atoms with Crippen molar-refractivity contribution in [1.82, 2.24) is 0 Å². The Balaban J connectivity index is 1.90. The van der Waals surface area contributed by atoms with Gasteiger partial charge in [0.25, 0.3) is 6.10 Å². The van der Waals surface area contributed by atoms with Crippen LogP contribution in [0.2, 0.25) is 0 Å². The molecule has 0 aromatic carbocycles. The molecule has 1 saturated heterocycles. The fourth-order valence-corrected chi connectivity index (χ4v) is 4.23. The van der Waals surface area contributed by atoms with Gasteiger partial charge in [-0.2, -0.15) is 26.3 Å². The van der Waals surface area contributed by atoms with Crippen molar-refractivity contribution in [2.24, 2.45) is 11.3 Å². The van der Waals surface area contributed by atoms with Crippen LogP contribution in [0.5, 0.6) is 0 Å². The first-order chi connectivity index (χ1) is 12.6. The Morgan fingerprint density at radius 3 is 2.25 bits per heavy atom. The third-order valence-electron chi connectivity index (χ3n) is 5.31. The Morgan fingerprint density at radius 1 is 1.18 bits per heavy atom. The van der Waals surface area contributed by atoms with Crippen LogP contribution in [0.3, 0.4) is 0 Å². The summed E-state index contributed by atoms with van der Waals surface area (Å²) in [7, 11) is 0. The van der Waals surface area contributed by atoms with Crippen LogP contribution in [0, 0.1) is 11.3 Å². The second-order valence-corrected chi connectivity index (χ2v) is 7.33. The maximum Gasteiger partial charge on any atom is 0.434 e. The van der Waals surface area contributed by atoms with E-state index in [0.29, 0.717) is 0 Å². The molecule has 1 aliphatic heterocycles. The molecular formula is C16H14F6O6. The van der Waals surface area contributed by atoms with Gasteiger partial charge >= 0.3 is 30.3 Å². The molecule has 6 nitrogen and oxygen atoms in total. The molecule has 1 heterocycles. The summed E-state index contributed by atoms with van der Waals surface area (Å²) in [6.45, 7) is 4.71. The van der Waals surface area contributed by atoms with E-state index < -0.39 is 65.8 Å². The van der Waals surface area contributed by atoms with E-state index in [1.807, 2.05) is 0 Å². The number of hydrogen-bond donors (Lipinski definition) is 0. The first kappa shape index (κ1) is 20.5. The highest BCUT2D eigenvalue weighted by atomic mass is 19.4. The fourth-order valence-electron chi connectivity index (χ4n) is 4.23. The van der Waals surface area contributed by atoms with E-state index in [2.05, 4.69) is 11.3 Å². The zero-order valence-corrected chi connectivity index (χ0v) is 14.3. The minimum atomic E-state index is -5.92. The first-order valence-electron chi connectivity index (χ1n) is 8.07. The van der Waals surface area contributed by atoms with Crippen molar-refractivity contribution >= 4 is 17.9 Å². The number of fused-ring (bicyclic) bond motifs is 1. The predicted octanol–water partition coefficient (Wildman–Crippen LogP) is 2.61. The van der Waals surface area contributed by atoms with Crippen LogP contribution in [-0.4, -0.2) is 48.1 Å². The van der Waals surface area contributed by atoms with E-state index in [4.69, 9.17) is 9.47 Å². The summed E-state index contributed by atoms with van der Waals surface area (Å²) in [4.78, 5) is 36.5. The van der Waals surface area contributed by atoms with Crippen molar-refractivity contribution in [3.05, 3.63) is 12.2 Å². The normalized spacial score (nSPS) is 33.8. The quantitative estimate of drug-likeness (QED) is 0.231. The maximum absolute atomic E-state index is 12.7. The van der Waals surface area contributed by atoms with Gasteiger partial charge in [0.1, 0.15) is 11.7 Å². The molecule has 3 rings (SSSR count). The molecule has 0 aromatic rings. The lowest BCUT2D eigenvalue weighted by atomic mass is 9.73. The minimum Gasteiger partial charge on any atom is -0.461 e. The highest BCUT2D eigenvalue weighted by Gasteiger charge is 2.78. The van der Waals surface area contributed by atoms with Crippen LogP contribution in [0.15, 0.2) is 12.2 Å². The molecule has 12 heteroatoms. The third kappa shape index (κ3) is 2.93. The molecule has 3 fully saturated rings. The lowest BCUT2D eigenvalue weighted by Gasteiger charge is -2.33. The highest BCUT2D eigenvalue weighted by molar-refractivity contribution is 6.03. The SMILES string of the molecule is C=C(C)C(=O)OC12CC3OC(=O)C(C(=O)OC(C(F)(F)F)C(F)(F)F)(C1)C3C2. The zero-order chi connectivity index (χ0) is 21.3. The zero-order valence-electron chi connectivity index (χ0n) is 14.3. The minimum absolute atomic E-state index is 0.00449. The standard InChI is InChI=1S/C16H14F6O6/c1-6(2)9(23)28-13-3-7-8(4-13)26-11(24)14(7,5-13)12(25)27-10(15(17,18)19)16(20,21)22/h7-8,10H,1,3-5H2,2H3. The largest absolute Gasteiger partial charge is 0.461 e. The Hall–Kier alpha value is -2.27. The summed E-state index contributed by atoms with van der Waals surface area (Å²) in [6.07, 6.45) is -18.0. The van der Waals surface area contributed by atoms with Gasteiger partial charge in [-0.25, -0.2) is 4.79 Å². The van der Waals surface area contributed by atoms with Crippen molar-refractivity contribution in [3.63, 3.8) is 0 Å². The smallest absolute Gasteiger partial charge is 0.434 e. The number of halogens is 6. The van der Waals surface area contributed by atoms with Gasteiger partial charge in [0, 0.05) is 24.3 Å². The summed E-state index contributed by atoms with van der Waals surface area (Å²) >= 11 is 0. The van der Waals surface area contributed by atoms with Gasteiger partial charge < -0.3 is 14.2 Å². The molecule has 28 heavy (non-hydrogen) atoms. The Labute approximate surface area is 153 Å². The van der Waals surface area contributed by atoms with E-state index in [0.717, 1.165) is 0 Å². The lowest BCUT2D eigenvalue weighted by molar-refractivity contribution is -0.315. The molecule has 0 aromatic heterocycles. The van der Waals surface area contributed by atoms with Crippen LogP contribution in [0.1, 0.15) is 26.2 Å². The van der Waals surface area contributed by atoms with E-state index in [1.165, 1.54) is 6.92 Å². The van der Waals surface area contributed by atoms with Gasteiger partial charge in [-0.05, 0) is 13.3 Å². The average molecular weight is 416 g/mol. The number of esters is 3. The van der Waals surface area contributed by atoms with Crippen molar-refractivity contribution < 1.29 is 54.9 Å². The second kappa shape index (κ2) is 5.86. The molecule has 156 valence electrons. The van der Waals surface area contributed by atoms with Crippen LogP contribution < -0.4 is 0 Å². The molecule has 4 unspecified atom stereocenters. The summed E-state index contributed by atoms with van der Waals surface area (Å²) in [6, 6.07) is 0. The molecule has 2 saturated carbocycles. The molecule has 0 spiro atoms. The molecule has 2 aliphatic carbocycles. The number of ether oxygens (including phenoxy) is 3. The Kier molecular flexibility index (Phi) is 4.29. The van der Waals surface area contributed by atoms with Crippen LogP contribution >= 0.6 is 0 Å². The van der Waals surface area contributed by atoms with Gasteiger partial charge in [-0.3, -0.25) is 9.59 Å². The molecule has 0 N–H and O–H groups in total. The Morgan fingerprint density at radius 2 is 1.75 bits per heavy atom. The van der Waals surface area contributed by atoms with E-state index in [9.17, 15) is 40.7 Å². The highest BCUT2D eigenvalue weighted by Crippen LogP contribution is 2.65. The van der Waals surface area contributed by atoms with Crippen LogP contribution in [0.25, 0.3) is 0 Å². The monoisotopic (exact) mass is 416 g/mol. The fraction of sp³-hybridized carbons (Fsp3) is 0.688. The van der Waals surface area contributed by atoms with Crippen molar-refractivity contribution in [3.8, 4) is 0 Å². The first-order valence-corrected chi connectivity index (χ1v) is 8.07. The molecule has 3 aliphatic rings. The van der Waals surface area contributed by atoms with Crippen molar-refractivity contribution in [2.45, 2.75) is 56.3 Å². The number of carbonyl (C=O) groups is 3. The number of hydrogen-bond acceptors (Lipinski definition) is 6.